The van der Waals surface area contributed by atoms with E-state index in [1.165, 1.54) is 25.7 Å². The lowest BCUT2D eigenvalue weighted by Gasteiger charge is -2.30. The molecule has 1 saturated carbocycles. The number of likely N-dealkylation sites (N-methyl/N-ethyl adjacent to an activating group) is 1. The van der Waals surface area contributed by atoms with Gasteiger partial charge >= 0.3 is 0 Å². The minimum Gasteiger partial charge on any atom is -0.392 e. The van der Waals surface area contributed by atoms with Crippen molar-refractivity contribution >= 4 is 0 Å². The molecule has 3 nitrogen and oxygen atoms in total. The highest BCUT2D eigenvalue weighted by molar-refractivity contribution is 4.87. The molecule has 1 fully saturated rings. The van der Waals surface area contributed by atoms with Crippen LogP contribution in [0.4, 0.5) is 0 Å². The molecule has 1 aliphatic rings. The van der Waals surface area contributed by atoms with E-state index in [1.54, 1.807) is 0 Å². The number of aliphatic hydroxyl groups excluding tert-OH is 1. The fraction of sp³-hybridized carbons (Fsp3) is 1.00. The summed E-state index contributed by atoms with van der Waals surface area (Å²) in [6.45, 7) is 1.49. The van der Waals surface area contributed by atoms with Gasteiger partial charge < -0.3 is 15.7 Å². The summed E-state index contributed by atoms with van der Waals surface area (Å²) < 4.78 is 0. The van der Waals surface area contributed by atoms with E-state index in [1.807, 2.05) is 19.0 Å². The Labute approximate surface area is 87.3 Å². The zero-order valence-electron chi connectivity index (χ0n) is 9.50. The van der Waals surface area contributed by atoms with Crippen molar-refractivity contribution in [2.45, 2.75) is 38.2 Å². The van der Waals surface area contributed by atoms with Gasteiger partial charge in [-0.2, -0.15) is 0 Å². The Morgan fingerprint density at radius 1 is 1.36 bits per heavy atom. The van der Waals surface area contributed by atoms with Crippen molar-refractivity contribution in [1.29, 1.82) is 0 Å². The lowest BCUT2D eigenvalue weighted by Crippen LogP contribution is -2.36. The van der Waals surface area contributed by atoms with E-state index in [9.17, 15) is 5.11 Å². The molecule has 0 aromatic rings. The van der Waals surface area contributed by atoms with E-state index >= 15 is 0 Å². The fourth-order valence-corrected chi connectivity index (χ4v) is 2.60. The number of hydrogen-bond donors (Lipinski definition) is 2. The first-order chi connectivity index (χ1) is 6.58. The minimum absolute atomic E-state index is 0.216. The summed E-state index contributed by atoms with van der Waals surface area (Å²) >= 11 is 0. The van der Waals surface area contributed by atoms with Crippen LogP contribution in [0.1, 0.15) is 32.1 Å². The first-order valence-corrected chi connectivity index (χ1v) is 5.61. The molecule has 0 unspecified atom stereocenters. The molecule has 0 radical (unpaired) electrons. The van der Waals surface area contributed by atoms with Gasteiger partial charge in [0.15, 0.2) is 0 Å². The highest BCUT2D eigenvalue weighted by Crippen LogP contribution is 2.40. The van der Waals surface area contributed by atoms with Gasteiger partial charge in [-0.15, -0.1) is 0 Å². The smallest absolute Gasteiger partial charge is 0.0672 e. The van der Waals surface area contributed by atoms with Crippen LogP contribution in [0, 0.1) is 5.41 Å². The summed E-state index contributed by atoms with van der Waals surface area (Å²) in [6, 6.07) is 0. The highest BCUT2D eigenvalue weighted by atomic mass is 16.3. The summed E-state index contributed by atoms with van der Waals surface area (Å²) in [5.41, 5.74) is 6.07. The Hall–Kier alpha value is -0.120. The normalized spacial score (nSPS) is 22.9. The van der Waals surface area contributed by atoms with Crippen molar-refractivity contribution in [3.8, 4) is 0 Å². The first-order valence-electron chi connectivity index (χ1n) is 5.61. The van der Waals surface area contributed by atoms with E-state index in [4.69, 9.17) is 5.73 Å². The molecule has 1 rings (SSSR count). The molecule has 0 aliphatic heterocycles. The number of aliphatic hydroxyl groups is 1. The maximum Gasteiger partial charge on any atom is 0.0672 e. The van der Waals surface area contributed by atoms with Crippen LogP contribution in [0.25, 0.3) is 0 Å². The van der Waals surface area contributed by atoms with Crippen molar-refractivity contribution < 1.29 is 5.11 Å². The molecule has 1 atom stereocenters. The fourth-order valence-electron chi connectivity index (χ4n) is 2.60. The van der Waals surface area contributed by atoms with Gasteiger partial charge in [0.1, 0.15) is 0 Å². The Morgan fingerprint density at radius 3 is 2.36 bits per heavy atom. The van der Waals surface area contributed by atoms with Gasteiger partial charge in [-0.3, -0.25) is 0 Å². The van der Waals surface area contributed by atoms with Gasteiger partial charge in [0.05, 0.1) is 6.10 Å². The number of hydrogen-bond acceptors (Lipinski definition) is 3. The molecule has 0 bridgehead atoms. The molecule has 0 aromatic carbocycles. The zero-order valence-corrected chi connectivity index (χ0v) is 9.50. The molecule has 1 aliphatic carbocycles. The molecular formula is C11H24N2O. The lowest BCUT2D eigenvalue weighted by atomic mass is 9.80. The van der Waals surface area contributed by atoms with Crippen molar-refractivity contribution in [1.82, 2.24) is 4.90 Å². The third-order valence-corrected chi connectivity index (χ3v) is 3.34. The van der Waals surface area contributed by atoms with Gasteiger partial charge in [-0.1, -0.05) is 12.8 Å². The monoisotopic (exact) mass is 200 g/mol. The van der Waals surface area contributed by atoms with Gasteiger partial charge in [0.2, 0.25) is 0 Å². The molecule has 84 valence electrons. The van der Waals surface area contributed by atoms with Crippen LogP contribution in [-0.4, -0.2) is 43.3 Å². The van der Waals surface area contributed by atoms with Crippen LogP contribution >= 0.6 is 0 Å². The molecule has 0 spiro atoms. The van der Waals surface area contributed by atoms with Crippen LogP contribution in [0.3, 0.4) is 0 Å². The third kappa shape index (κ3) is 3.23. The molecule has 3 heteroatoms. The number of nitrogens with zero attached hydrogens (tertiary/aromatic N) is 1. The van der Waals surface area contributed by atoms with Gasteiger partial charge in [-0.25, -0.2) is 0 Å². The summed E-state index contributed by atoms with van der Waals surface area (Å²) in [5.74, 6) is 0. The van der Waals surface area contributed by atoms with Gasteiger partial charge in [0.25, 0.3) is 0 Å². The molecular weight excluding hydrogens is 176 g/mol. The quantitative estimate of drug-likeness (QED) is 0.691. The van der Waals surface area contributed by atoms with Gasteiger partial charge in [0, 0.05) is 6.54 Å². The average Bonchev–Trinajstić information content (AvgIpc) is 2.52. The van der Waals surface area contributed by atoms with Crippen molar-refractivity contribution in [2.24, 2.45) is 11.1 Å². The van der Waals surface area contributed by atoms with E-state index in [2.05, 4.69) is 0 Å². The SMILES string of the molecule is CN(C)C[C@H](O)CC1(CN)CCCC1. The average molecular weight is 200 g/mol. The van der Waals surface area contributed by atoms with Crippen molar-refractivity contribution in [2.75, 3.05) is 27.2 Å². The molecule has 0 saturated heterocycles. The first kappa shape index (κ1) is 12.0. The van der Waals surface area contributed by atoms with Crippen LogP contribution < -0.4 is 5.73 Å². The highest BCUT2D eigenvalue weighted by Gasteiger charge is 2.34. The largest absolute Gasteiger partial charge is 0.392 e. The van der Waals surface area contributed by atoms with E-state index < -0.39 is 0 Å². The van der Waals surface area contributed by atoms with Crippen LogP contribution in [0.5, 0.6) is 0 Å². The van der Waals surface area contributed by atoms with Crippen LogP contribution in [0.15, 0.2) is 0 Å². The minimum atomic E-state index is -0.216. The predicted octanol–water partition coefficient (Wildman–Crippen LogP) is 0.818. The molecule has 14 heavy (non-hydrogen) atoms. The Morgan fingerprint density at radius 2 is 1.93 bits per heavy atom. The van der Waals surface area contributed by atoms with Crippen molar-refractivity contribution in [3.63, 3.8) is 0 Å². The number of nitrogens with two attached hydrogens (primary N) is 1. The summed E-state index contributed by atoms with van der Waals surface area (Å²) in [5, 5.41) is 9.88. The molecule has 0 amide bonds. The second-order valence-electron chi connectivity index (χ2n) is 5.03. The zero-order chi connectivity index (χ0) is 10.6. The van der Waals surface area contributed by atoms with Crippen molar-refractivity contribution in [3.05, 3.63) is 0 Å². The third-order valence-electron chi connectivity index (χ3n) is 3.34. The molecule has 0 aromatic heterocycles. The van der Waals surface area contributed by atoms with E-state index in [0.717, 1.165) is 19.5 Å². The Balaban J connectivity index is 2.39. The van der Waals surface area contributed by atoms with E-state index in [0.29, 0.717) is 0 Å². The van der Waals surface area contributed by atoms with Gasteiger partial charge in [-0.05, 0) is 45.3 Å². The van der Waals surface area contributed by atoms with Crippen LogP contribution in [-0.2, 0) is 0 Å². The summed E-state index contributed by atoms with van der Waals surface area (Å²) in [6.07, 6.45) is 5.63. The maximum atomic E-state index is 9.88. The predicted molar refractivity (Wildman–Crippen MR) is 59.1 cm³/mol. The second-order valence-corrected chi connectivity index (χ2v) is 5.03. The second kappa shape index (κ2) is 5.10. The summed E-state index contributed by atoms with van der Waals surface area (Å²) in [4.78, 5) is 2.03. The number of rotatable bonds is 5. The maximum absolute atomic E-state index is 9.88. The summed E-state index contributed by atoms with van der Waals surface area (Å²) in [7, 11) is 3.99. The Kier molecular flexibility index (Phi) is 4.35. The van der Waals surface area contributed by atoms with Crippen LogP contribution in [0.2, 0.25) is 0 Å². The Bertz CT molecular complexity index is 165. The topological polar surface area (TPSA) is 49.5 Å². The molecule has 0 heterocycles. The molecule has 3 N–H and O–H groups in total. The standard InChI is InChI=1S/C11H24N2O/c1-13(2)8-10(14)7-11(9-12)5-3-4-6-11/h10,14H,3-9,12H2,1-2H3/t10-/m1/s1. The lowest BCUT2D eigenvalue weighted by molar-refractivity contribution is 0.0793. The van der Waals surface area contributed by atoms with E-state index in [-0.39, 0.29) is 11.5 Å².